The Morgan fingerprint density at radius 3 is 2.39 bits per heavy atom. The molecule has 0 bridgehead atoms. The van der Waals surface area contributed by atoms with Crippen molar-refractivity contribution in [3.63, 3.8) is 0 Å². The Kier molecular flexibility index (Phi) is 7.05. The van der Waals surface area contributed by atoms with Gasteiger partial charge in [0.1, 0.15) is 5.75 Å². The second kappa shape index (κ2) is 7.71. The predicted molar refractivity (Wildman–Crippen MR) is 67.2 cm³/mol. The van der Waals surface area contributed by atoms with Crippen molar-refractivity contribution in [2.24, 2.45) is 0 Å². The molecular weight excluding hydrogens is 264 g/mol. The summed E-state index contributed by atoms with van der Waals surface area (Å²) in [6.45, 7) is 0.591. The van der Waals surface area contributed by atoms with Gasteiger partial charge in [-0.3, -0.25) is 9.11 Å². The molecule has 0 aromatic heterocycles. The molecule has 1 aromatic carbocycles. The molecule has 0 saturated carbocycles. The van der Waals surface area contributed by atoms with Crippen LogP contribution in [-0.2, 0) is 10.4 Å². The van der Waals surface area contributed by atoms with E-state index in [4.69, 9.17) is 33.1 Å². The fraction of sp³-hybridized carbons (Fsp3) is 0.333. The summed E-state index contributed by atoms with van der Waals surface area (Å²) in [5, 5.41) is 11.6. The third-order valence-electron chi connectivity index (χ3n) is 1.65. The summed E-state index contributed by atoms with van der Waals surface area (Å²) in [5.41, 5.74) is 7.07. The van der Waals surface area contributed by atoms with Gasteiger partial charge in [0.25, 0.3) is 0 Å². The maximum atomic E-state index is 8.74. The lowest BCUT2D eigenvalue weighted by molar-refractivity contribution is 0.311. The molecule has 0 spiro atoms. The van der Waals surface area contributed by atoms with Gasteiger partial charge >= 0.3 is 10.4 Å². The molecule has 0 saturated heterocycles. The molecule has 18 heavy (non-hydrogen) atoms. The number of nitrogens with one attached hydrogen (secondary N) is 1. The Bertz CT molecular complexity index is 454. The standard InChI is InChI=1S/C9H14N2O2.H2O4S/c1-13-9-6-7(10)2-3-8(9)11-4-5-12;1-5(2,3)4/h2-3,6,11-12H,4-5,10H2,1H3;(H2,1,2,3,4). The third kappa shape index (κ3) is 8.58. The number of nitrogens with two attached hydrogens (primary N) is 1. The molecule has 8 nitrogen and oxygen atoms in total. The van der Waals surface area contributed by atoms with Crippen LogP contribution in [0.5, 0.6) is 5.75 Å². The van der Waals surface area contributed by atoms with Gasteiger partial charge in [-0.2, -0.15) is 8.42 Å². The summed E-state index contributed by atoms with van der Waals surface area (Å²) in [5.74, 6) is 0.688. The number of aliphatic hydroxyl groups is 1. The Balaban J connectivity index is 0.000000494. The van der Waals surface area contributed by atoms with Gasteiger partial charge in [-0.1, -0.05) is 0 Å². The minimum absolute atomic E-state index is 0.0908. The highest BCUT2D eigenvalue weighted by Gasteiger charge is 2.01. The molecule has 0 radical (unpaired) electrons. The van der Waals surface area contributed by atoms with Crippen molar-refractivity contribution < 1.29 is 27.4 Å². The molecule has 0 aliphatic rings. The summed E-state index contributed by atoms with van der Waals surface area (Å²) >= 11 is 0. The highest BCUT2D eigenvalue weighted by molar-refractivity contribution is 7.79. The van der Waals surface area contributed by atoms with Crippen LogP contribution in [0.15, 0.2) is 18.2 Å². The second-order valence-electron chi connectivity index (χ2n) is 3.06. The summed E-state index contributed by atoms with van der Waals surface area (Å²) in [4.78, 5) is 0. The van der Waals surface area contributed by atoms with E-state index in [1.54, 1.807) is 19.2 Å². The van der Waals surface area contributed by atoms with Crippen molar-refractivity contribution in [2.45, 2.75) is 0 Å². The molecule has 0 amide bonds. The molecule has 104 valence electrons. The molecule has 0 aliphatic heterocycles. The van der Waals surface area contributed by atoms with E-state index in [-0.39, 0.29) is 6.61 Å². The number of aliphatic hydroxyl groups excluding tert-OH is 1. The zero-order valence-electron chi connectivity index (χ0n) is 9.70. The monoisotopic (exact) mass is 280 g/mol. The predicted octanol–water partition coefficient (Wildman–Crippen LogP) is 0.0288. The van der Waals surface area contributed by atoms with Gasteiger partial charge < -0.3 is 20.9 Å². The van der Waals surface area contributed by atoms with E-state index < -0.39 is 10.4 Å². The average molecular weight is 280 g/mol. The Labute approximate surface area is 105 Å². The van der Waals surface area contributed by atoms with Gasteiger partial charge in [0.15, 0.2) is 0 Å². The highest BCUT2D eigenvalue weighted by atomic mass is 32.3. The van der Waals surface area contributed by atoms with Crippen LogP contribution in [-0.4, -0.2) is 42.9 Å². The van der Waals surface area contributed by atoms with Crippen LogP contribution in [0.1, 0.15) is 0 Å². The summed E-state index contributed by atoms with van der Waals surface area (Å²) in [6.07, 6.45) is 0. The fourth-order valence-electron chi connectivity index (χ4n) is 1.04. The van der Waals surface area contributed by atoms with Crippen LogP contribution in [0.2, 0.25) is 0 Å². The minimum atomic E-state index is -4.67. The number of nitrogen functional groups attached to an aromatic ring is 1. The van der Waals surface area contributed by atoms with Crippen LogP contribution in [0.3, 0.4) is 0 Å². The molecule has 0 heterocycles. The number of benzene rings is 1. The third-order valence-corrected chi connectivity index (χ3v) is 1.65. The SMILES string of the molecule is COc1cc(N)ccc1NCCO.O=S(=O)(O)O. The summed E-state index contributed by atoms with van der Waals surface area (Å²) in [6, 6.07) is 5.34. The first-order valence-corrected chi connectivity index (χ1v) is 6.15. The van der Waals surface area contributed by atoms with Gasteiger partial charge in [-0.15, -0.1) is 0 Å². The second-order valence-corrected chi connectivity index (χ2v) is 3.95. The van der Waals surface area contributed by atoms with Gasteiger partial charge in [0.2, 0.25) is 0 Å². The molecule has 6 N–H and O–H groups in total. The van der Waals surface area contributed by atoms with Crippen LogP contribution in [0.4, 0.5) is 11.4 Å². The van der Waals surface area contributed by atoms with Gasteiger partial charge in [-0.25, -0.2) is 0 Å². The average Bonchev–Trinajstić information content (AvgIpc) is 2.25. The number of methoxy groups -OCH3 is 1. The molecule has 0 unspecified atom stereocenters. The normalized spacial score (nSPS) is 10.2. The van der Waals surface area contributed by atoms with E-state index >= 15 is 0 Å². The van der Waals surface area contributed by atoms with Crippen LogP contribution < -0.4 is 15.8 Å². The summed E-state index contributed by atoms with van der Waals surface area (Å²) in [7, 11) is -3.08. The maximum Gasteiger partial charge on any atom is 0.394 e. The van der Waals surface area contributed by atoms with Crippen molar-refractivity contribution in [3.8, 4) is 5.75 Å². The van der Waals surface area contributed by atoms with E-state index in [1.807, 2.05) is 6.07 Å². The number of anilines is 2. The van der Waals surface area contributed by atoms with Crippen LogP contribution in [0.25, 0.3) is 0 Å². The Morgan fingerprint density at radius 1 is 1.39 bits per heavy atom. The van der Waals surface area contributed by atoms with Gasteiger partial charge in [0.05, 0.1) is 19.4 Å². The Hall–Kier alpha value is -1.55. The van der Waals surface area contributed by atoms with Gasteiger partial charge in [-0.05, 0) is 12.1 Å². The van der Waals surface area contributed by atoms with E-state index in [9.17, 15) is 0 Å². The zero-order chi connectivity index (χ0) is 14.2. The highest BCUT2D eigenvalue weighted by Crippen LogP contribution is 2.26. The fourth-order valence-corrected chi connectivity index (χ4v) is 1.04. The first-order chi connectivity index (χ1) is 8.27. The van der Waals surface area contributed by atoms with Crippen molar-refractivity contribution in [1.29, 1.82) is 0 Å². The number of hydrogen-bond donors (Lipinski definition) is 5. The van der Waals surface area contributed by atoms with Crippen molar-refractivity contribution >= 4 is 21.8 Å². The topological polar surface area (TPSA) is 142 Å². The maximum absolute atomic E-state index is 8.74. The lowest BCUT2D eigenvalue weighted by Gasteiger charge is -2.10. The van der Waals surface area contributed by atoms with Crippen LogP contribution in [0, 0.1) is 0 Å². The number of rotatable bonds is 4. The quantitative estimate of drug-likeness (QED) is 0.384. The number of ether oxygens (including phenoxy) is 1. The van der Waals surface area contributed by atoms with Crippen molar-refractivity contribution in [2.75, 3.05) is 31.3 Å². The first-order valence-electron chi connectivity index (χ1n) is 4.76. The van der Waals surface area contributed by atoms with Crippen LogP contribution >= 0.6 is 0 Å². The molecule has 0 fully saturated rings. The first kappa shape index (κ1) is 16.4. The molecule has 1 aromatic rings. The molecule has 9 heteroatoms. The van der Waals surface area contributed by atoms with E-state index in [2.05, 4.69) is 5.32 Å². The lowest BCUT2D eigenvalue weighted by Crippen LogP contribution is -2.06. The number of hydrogen-bond acceptors (Lipinski definition) is 6. The van der Waals surface area contributed by atoms with Gasteiger partial charge in [0, 0.05) is 18.3 Å². The van der Waals surface area contributed by atoms with Crippen molar-refractivity contribution in [1.82, 2.24) is 0 Å². The zero-order valence-corrected chi connectivity index (χ0v) is 10.5. The largest absolute Gasteiger partial charge is 0.495 e. The smallest absolute Gasteiger partial charge is 0.394 e. The summed E-state index contributed by atoms with van der Waals surface area (Å²) < 4.78 is 36.7. The van der Waals surface area contributed by atoms with E-state index in [1.165, 1.54) is 0 Å². The molecule has 1 rings (SSSR count). The molecule has 0 atom stereocenters. The van der Waals surface area contributed by atoms with Crippen molar-refractivity contribution in [3.05, 3.63) is 18.2 Å². The van der Waals surface area contributed by atoms with E-state index in [0.717, 1.165) is 5.69 Å². The lowest BCUT2D eigenvalue weighted by atomic mass is 10.2. The molecular formula is C9H16N2O6S. The molecule has 0 aliphatic carbocycles. The van der Waals surface area contributed by atoms with E-state index in [0.29, 0.717) is 18.0 Å². The minimum Gasteiger partial charge on any atom is -0.495 e. The Morgan fingerprint density at radius 2 is 1.94 bits per heavy atom.